The maximum Gasteiger partial charge on any atom is 0.203 e. The second kappa shape index (κ2) is 7.94. The van der Waals surface area contributed by atoms with Gasteiger partial charge in [-0.25, -0.2) is 18.7 Å². The predicted octanol–water partition coefficient (Wildman–Crippen LogP) is 4.28. The number of aromatic nitrogens is 2. The van der Waals surface area contributed by atoms with Crippen LogP contribution in [0.1, 0.15) is 24.3 Å². The molecule has 4 aromatic rings. The normalized spacial score (nSPS) is 12.0. The number of nitrogen functional groups attached to an aromatic ring is 1. The molecule has 0 saturated heterocycles. The highest BCUT2D eigenvalue weighted by Gasteiger charge is 2.24. The fraction of sp³-hybridized carbons (Fsp3) is 0.0909. The first-order valence-electron chi connectivity index (χ1n) is 9.29. The Morgan fingerprint density at radius 2 is 1.97 bits per heavy atom. The van der Waals surface area contributed by atoms with Gasteiger partial charge in [0, 0.05) is 6.21 Å². The first kappa shape index (κ1) is 20.1. The molecule has 0 unspecified atom stereocenters. The van der Waals surface area contributed by atoms with E-state index >= 15 is 0 Å². The van der Waals surface area contributed by atoms with E-state index in [-0.39, 0.29) is 45.1 Å². The minimum Gasteiger partial charge on any atom is -0.458 e. The molecule has 31 heavy (non-hydrogen) atoms. The highest BCUT2D eigenvalue weighted by Crippen LogP contribution is 2.32. The summed E-state index contributed by atoms with van der Waals surface area (Å²) in [6, 6.07) is 8.83. The van der Waals surface area contributed by atoms with Crippen molar-refractivity contribution in [1.29, 1.82) is 5.41 Å². The highest BCUT2D eigenvalue weighted by atomic mass is 19.1. The smallest absolute Gasteiger partial charge is 0.203 e. The minimum absolute atomic E-state index is 0.0236. The van der Waals surface area contributed by atoms with Gasteiger partial charge in [-0.05, 0) is 36.8 Å². The number of benzene rings is 2. The lowest BCUT2D eigenvalue weighted by molar-refractivity contribution is 0.512. The van der Waals surface area contributed by atoms with Crippen LogP contribution in [0, 0.1) is 17.0 Å². The van der Waals surface area contributed by atoms with Crippen molar-refractivity contribution in [2.75, 3.05) is 11.1 Å². The summed E-state index contributed by atoms with van der Waals surface area (Å²) in [5.41, 5.74) is 5.77. The molecule has 2 aromatic carbocycles. The van der Waals surface area contributed by atoms with Crippen LogP contribution in [0.25, 0.3) is 22.1 Å². The molecule has 0 spiro atoms. The van der Waals surface area contributed by atoms with E-state index in [2.05, 4.69) is 15.3 Å². The number of rotatable bonds is 5. The van der Waals surface area contributed by atoms with E-state index in [9.17, 15) is 13.6 Å². The fourth-order valence-electron chi connectivity index (χ4n) is 3.38. The van der Waals surface area contributed by atoms with Crippen LogP contribution in [0.3, 0.4) is 0 Å². The van der Waals surface area contributed by atoms with Gasteiger partial charge in [-0.15, -0.1) is 0 Å². The van der Waals surface area contributed by atoms with E-state index in [1.54, 1.807) is 13.0 Å². The molecule has 9 heteroatoms. The lowest BCUT2D eigenvalue weighted by Gasteiger charge is -2.19. The second-order valence-corrected chi connectivity index (χ2v) is 6.83. The van der Waals surface area contributed by atoms with Gasteiger partial charge < -0.3 is 20.9 Å². The van der Waals surface area contributed by atoms with E-state index in [0.717, 1.165) is 12.3 Å². The lowest BCUT2D eigenvalue weighted by Crippen LogP contribution is -2.17. The van der Waals surface area contributed by atoms with Crippen LogP contribution in [0.4, 0.5) is 20.4 Å². The third-order valence-electron chi connectivity index (χ3n) is 4.81. The third kappa shape index (κ3) is 3.61. The van der Waals surface area contributed by atoms with Crippen molar-refractivity contribution in [3.05, 3.63) is 82.0 Å². The van der Waals surface area contributed by atoms with Crippen LogP contribution in [0.2, 0.25) is 0 Å². The maximum absolute atomic E-state index is 14.4. The Bertz CT molecular complexity index is 1370. The van der Waals surface area contributed by atoms with Crippen LogP contribution in [-0.4, -0.2) is 16.2 Å². The Morgan fingerprint density at radius 3 is 2.71 bits per heavy atom. The van der Waals surface area contributed by atoms with Crippen LogP contribution in [0.15, 0.2) is 58.0 Å². The van der Waals surface area contributed by atoms with Crippen molar-refractivity contribution in [2.24, 2.45) is 0 Å². The molecular weight excluding hydrogens is 404 g/mol. The molecule has 2 aromatic heterocycles. The van der Waals surface area contributed by atoms with Crippen LogP contribution < -0.4 is 16.5 Å². The summed E-state index contributed by atoms with van der Waals surface area (Å²) >= 11 is 0. The van der Waals surface area contributed by atoms with Crippen LogP contribution in [-0.2, 0) is 0 Å². The van der Waals surface area contributed by atoms with Gasteiger partial charge in [0.2, 0.25) is 5.43 Å². The highest BCUT2D eigenvalue weighted by molar-refractivity contribution is 5.90. The molecule has 2 heterocycles. The molecule has 0 aliphatic rings. The van der Waals surface area contributed by atoms with Crippen molar-refractivity contribution in [3.63, 3.8) is 0 Å². The van der Waals surface area contributed by atoms with Crippen molar-refractivity contribution >= 4 is 28.8 Å². The summed E-state index contributed by atoms with van der Waals surface area (Å²) in [5, 5.41) is 10.4. The largest absolute Gasteiger partial charge is 0.458 e. The molecule has 156 valence electrons. The number of hydrogen-bond donors (Lipinski definition) is 3. The molecule has 7 nitrogen and oxygen atoms in total. The summed E-state index contributed by atoms with van der Waals surface area (Å²) in [4.78, 5) is 21.2. The van der Waals surface area contributed by atoms with Gasteiger partial charge in [0.05, 0.1) is 17.2 Å². The monoisotopic (exact) mass is 421 g/mol. The van der Waals surface area contributed by atoms with Gasteiger partial charge in [0.1, 0.15) is 46.3 Å². The zero-order valence-electron chi connectivity index (χ0n) is 16.3. The van der Waals surface area contributed by atoms with Gasteiger partial charge >= 0.3 is 0 Å². The summed E-state index contributed by atoms with van der Waals surface area (Å²) in [6.07, 6.45) is 2.24. The molecule has 0 fully saturated rings. The number of anilines is 2. The quantitative estimate of drug-likeness (QED) is 0.414. The fourth-order valence-corrected chi connectivity index (χ4v) is 3.38. The Labute approximate surface area is 175 Å². The Hall–Kier alpha value is -4.14. The summed E-state index contributed by atoms with van der Waals surface area (Å²) in [7, 11) is 0. The van der Waals surface area contributed by atoms with E-state index in [4.69, 9.17) is 15.6 Å². The third-order valence-corrected chi connectivity index (χ3v) is 4.81. The van der Waals surface area contributed by atoms with Gasteiger partial charge in [-0.2, -0.15) is 0 Å². The first-order chi connectivity index (χ1) is 14.9. The molecule has 0 aliphatic carbocycles. The number of nitrogens with two attached hydrogens (primary N) is 1. The second-order valence-electron chi connectivity index (χ2n) is 6.83. The van der Waals surface area contributed by atoms with Crippen LogP contribution >= 0.6 is 0 Å². The summed E-state index contributed by atoms with van der Waals surface area (Å²) in [5.74, 6) is -0.770. The molecule has 1 atom stereocenters. The average molecular weight is 421 g/mol. The number of nitrogens with one attached hydrogen (secondary N) is 2. The number of fused-ring (bicyclic) bond motifs is 1. The van der Waals surface area contributed by atoms with Gasteiger partial charge in [0.25, 0.3) is 0 Å². The van der Waals surface area contributed by atoms with E-state index in [0.29, 0.717) is 0 Å². The Morgan fingerprint density at radius 1 is 1.19 bits per heavy atom. The number of halogens is 2. The van der Waals surface area contributed by atoms with Gasteiger partial charge in [-0.1, -0.05) is 18.2 Å². The first-order valence-corrected chi connectivity index (χ1v) is 9.29. The molecule has 0 saturated carbocycles. The Kier molecular flexibility index (Phi) is 5.16. The molecule has 0 aliphatic heterocycles. The average Bonchev–Trinajstić information content (AvgIpc) is 2.73. The van der Waals surface area contributed by atoms with E-state index in [1.807, 2.05) is 0 Å². The van der Waals surface area contributed by atoms with Gasteiger partial charge in [-0.3, -0.25) is 4.79 Å². The molecule has 4 N–H and O–H groups in total. The molecular formula is C22H17F2N5O2. The van der Waals surface area contributed by atoms with Gasteiger partial charge in [0.15, 0.2) is 0 Å². The zero-order chi connectivity index (χ0) is 22.1. The Balaban J connectivity index is 1.95. The van der Waals surface area contributed by atoms with E-state index in [1.165, 1.54) is 36.7 Å². The molecule has 0 bridgehead atoms. The van der Waals surface area contributed by atoms with E-state index < -0.39 is 23.1 Å². The predicted molar refractivity (Wildman–Crippen MR) is 114 cm³/mol. The molecule has 4 rings (SSSR count). The molecule has 0 radical (unpaired) electrons. The SMILES string of the molecule is C[C@H](Nc1ncnc(N)c1C=N)c1oc2cccc(F)c2c(=O)c1-c1cccc(F)c1. The standard InChI is InChI=1S/C22H17F2N5O2/c1-11(29-22-14(9-25)21(26)27-10-28-22)20-17(12-4-2-5-13(23)8-12)19(30)18-15(24)6-3-7-16(18)31-20/h2-11,25H,1H3,(H3,26,27,28,29)/t11-/m0/s1. The van der Waals surface area contributed by atoms with Crippen LogP contribution in [0.5, 0.6) is 0 Å². The maximum atomic E-state index is 14.4. The van der Waals surface area contributed by atoms with Crippen molar-refractivity contribution in [3.8, 4) is 11.1 Å². The van der Waals surface area contributed by atoms with Crippen molar-refractivity contribution in [2.45, 2.75) is 13.0 Å². The van der Waals surface area contributed by atoms with Crippen molar-refractivity contribution < 1.29 is 13.2 Å². The minimum atomic E-state index is -0.731. The molecule has 0 amide bonds. The summed E-state index contributed by atoms with van der Waals surface area (Å²) in [6.45, 7) is 1.69. The topological polar surface area (TPSA) is 118 Å². The van der Waals surface area contributed by atoms with Crippen molar-refractivity contribution in [1.82, 2.24) is 9.97 Å². The number of nitrogens with zero attached hydrogens (tertiary/aromatic N) is 2. The zero-order valence-corrected chi connectivity index (χ0v) is 16.3. The lowest BCUT2D eigenvalue weighted by atomic mass is 9.98. The number of hydrogen-bond acceptors (Lipinski definition) is 7. The summed E-state index contributed by atoms with van der Waals surface area (Å²) < 4.78 is 34.3.